The van der Waals surface area contributed by atoms with Gasteiger partial charge < -0.3 is 10.6 Å². The fourth-order valence-electron chi connectivity index (χ4n) is 2.53. The number of nitrogens with one attached hydrogen (secondary N) is 2. The predicted molar refractivity (Wildman–Crippen MR) is 73.3 cm³/mol. The number of rotatable bonds is 4. The summed E-state index contributed by atoms with van der Waals surface area (Å²) in [6.45, 7) is 3.45. The first kappa shape index (κ1) is 14.9. The number of hydrogen-bond donors (Lipinski definition) is 2. The van der Waals surface area contributed by atoms with Crippen LogP contribution in [-0.2, 0) is 11.2 Å². The number of carbonyl (C=O) groups is 1. The minimum atomic E-state index is -0.562. The molecule has 1 amide bonds. The van der Waals surface area contributed by atoms with Crippen LogP contribution in [0.15, 0.2) is 18.2 Å². The average molecular weight is 282 g/mol. The van der Waals surface area contributed by atoms with E-state index in [1.807, 2.05) is 0 Å². The quantitative estimate of drug-likeness (QED) is 0.887. The Hall–Kier alpha value is -1.49. The molecule has 1 unspecified atom stereocenters. The molecule has 1 saturated heterocycles. The van der Waals surface area contributed by atoms with Crippen LogP contribution in [0, 0.1) is 17.6 Å². The van der Waals surface area contributed by atoms with Crippen molar-refractivity contribution in [2.24, 2.45) is 5.92 Å². The molecule has 1 aromatic carbocycles. The maximum absolute atomic E-state index is 13.5. The first-order valence-electron chi connectivity index (χ1n) is 7.02. The molecule has 0 aliphatic carbocycles. The molecule has 1 atom stereocenters. The third-order valence-electron chi connectivity index (χ3n) is 3.67. The first-order valence-corrected chi connectivity index (χ1v) is 7.02. The minimum Gasteiger partial charge on any atom is -0.353 e. The zero-order chi connectivity index (χ0) is 14.5. The molecule has 0 spiro atoms. The highest BCUT2D eigenvalue weighted by atomic mass is 19.1. The van der Waals surface area contributed by atoms with Crippen molar-refractivity contribution in [3.8, 4) is 0 Å². The van der Waals surface area contributed by atoms with Crippen LogP contribution in [0.2, 0.25) is 0 Å². The summed E-state index contributed by atoms with van der Waals surface area (Å²) < 4.78 is 27.1. The van der Waals surface area contributed by atoms with Crippen molar-refractivity contribution in [3.05, 3.63) is 35.4 Å². The molecule has 0 bridgehead atoms. The van der Waals surface area contributed by atoms with E-state index in [0.29, 0.717) is 0 Å². The number of benzene rings is 1. The van der Waals surface area contributed by atoms with Crippen LogP contribution in [0.4, 0.5) is 8.78 Å². The predicted octanol–water partition coefficient (Wildman–Crippen LogP) is 2.01. The van der Waals surface area contributed by atoms with Gasteiger partial charge in [-0.1, -0.05) is 6.07 Å². The second kappa shape index (κ2) is 6.79. The molecule has 5 heteroatoms. The fraction of sp³-hybridized carbons (Fsp3) is 0.533. The molecule has 1 aromatic rings. The summed E-state index contributed by atoms with van der Waals surface area (Å²) in [5, 5.41) is 6.05. The van der Waals surface area contributed by atoms with Crippen molar-refractivity contribution in [2.75, 3.05) is 13.1 Å². The van der Waals surface area contributed by atoms with Crippen molar-refractivity contribution >= 4 is 5.91 Å². The van der Waals surface area contributed by atoms with E-state index in [0.717, 1.165) is 25.9 Å². The molecule has 1 aliphatic heterocycles. The Labute approximate surface area is 117 Å². The third-order valence-corrected chi connectivity index (χ3v) is 3.67. The second-order valence-corrected chi connectivity index (χ2v) is 5.34. The van der Waals surface area contributed by atoms with E-state index < -0.39 is 11.6 Å². The van der Waals surface area contributed by atoms with E-state index in [9.17, 15) is 13.6 Å². The number of halogens is 2. The summed E-state index contributed by atoms with van der Waals surface area (Å²) in [7, 11) is 0. The summed E-state index contributed by atoms with van der Waals surface area (Å²) >= 11 is 0. The number of hydrogen-bond acceptors (Lipinski definition) is 2. The molecule has 2 N–H and O–H groups in total. The zero-order valence-corrected chi connectivity index (χ0v) is 11.6. The van der Waals surface area contributed by atoms with E-state index >= 15 is 0 Å². The largest absolute Gasteiger partial charge is 0.353 e. The number of piperidine rings is 1. The Morgan fingerprint density at radius 3 is 2.55 bits per heavy atom. The van der Waals surface area contributed by atoms with Gasteiger partial charge in [0.2, 0.25) is 5.91 Å². The van der Waals surface area contributed by atoms with Crippen LogP contribution in [0.3, 0.4) is 0 Å². The Bertz CT molecular complexity index is 453. The molecular formula is C15H20F2N2O. The molecule has 0 aromatic heterocycles. The van der Waals surface area contributed by atoms with Gasteiger partial charge in [-0.3, -0.25) is 4.79 Å². The molecule has 1 fully saturated rings. The van der Waals surface area contributed by atoms with Crippen molar-refractivity contribution in [1.29, 1.82) is 0 Å². The monoisotopic (exact) mass is 282 g/mol. The maximum Gasteiger partial charge on any atom is 0.223 e. The molecule has 2 rings (SSSR count). The second-order valence-electron chi connectivity index (χ2n) is 5.34. The van der Waals surface area contributed by atoms with E-state index in [1.54, 1.807) is 6.92 Å². The molecule has 1 heterocycles. The average Bonchev–Trinajstić information content (AvgIpc) is 2.44. The van der Waals surface area contributed by atoms with Gasteiger partial charge in [0.1, 0.15) is 11.6 Å². The van der Waals surface area contributed by atoms with Crippen LogP contribution in [0.25, 0.3) is 0 Å². The van der Waals surface area contributed by atoms with Gasteiger partial charge in [0.05, 0.1) is 0 Å². The van der Waals surface area contributed by atoms with Crippen LogP contribution in [0.5, 0.6) is 0 Å². The normalized spacial score (nSPS) is 17.8. The number of amides is 1. The van der Waals surface area contributed by atoms with Crippen molar-refractivity contribution in [1.82, 2.24) is 10.6 Å². The van der Waals surface area contributed by atoms with Crippen molar-refractivity contribution in [2.45, 2.75) is 32.2 Å². The third kappa shape index (κ3) is 3.76. The summed E-state index contributed by atoms with van der Waals surface area (Å²) in [4.78, 5) is 12.0. The van der Waals surface area contributed by atoms with Gasteiger partial charge in [-0.25, -0.2) is 8.78 Å². The lowest BCUT2D eigenvalue weighted by Crippen LogP contribution is -2.42. The van der Waals surface area contributed by atoms with E-state index in [4.69, 9.17) is 0 Å². The Balaban J connectivity index is 1.91. The van der Waals surface area contributed by atoms with Crippen LogP contribution >= 0.6 is 0 Å². The molecule has 110 valence electrons. The Morgan fingerprint density at radius 1 is 1.35 bits per heavy atom. The SMILES string of the molecule is CC(Cc1c(F)cccc1F)NC(=O)C1CCNCC1. The highest BCUT2D eigenvalue weighted by Gasteiger charge is 2.22. The fourth-order valence-corrected chi connectivity index (χ4v) is 2.53. The summed E-state index contributed by atoms with van der Waals surface area (Å²) in [5.41, 5.74) is 0.0330. The Morgan fingerprint density at radius 2 is 1.95 bits per heavy atom. The standard InChI is InChI=1S/C15H20F2N2O/c1-10(9-12-13(16)3-2-4-14(12)17)19-15(20)11-5-7-18-8-6-11/h2-4,10-11,18H,5-9H2,1H3,(H,19,20). The smallest absolute Gasteiger partial charge is 0.223 e. The number of carbonyl (C=O) groups excluding carboxylic acids is 1. The van der Waals surface area contributed by atoms with Crippen molar-refractivity contribution in [3.63, 3.8) is 0 Å². The van der Waals surface area contributed by atoms with E-state index in [2.05, 4.69) is 10.6 Å². The van der Waals surface area contributed by atoms with Gasteiger partial charge in [0.15, 0.2) is 0 Å². The van der Waals surface area contributed by atoms with Crippen LogP contribution in [-0.4, -0.2) is 25.0 Å². The molecule has 0 radical (unpaired) electrons. The molecular weight excluding hydrogens is 262 g/mol. The molecule has 0 saturated carbocycles. The summed E-state index contributed by atoms with van der Waals surface area (Å²) in [5.74, 6) is -1.14. The highest BCUT2D eigenvalue weighted by Crippen LogP contribution is 2.15. The van der Waals surface area contributed by atoms with Gasteiger partial charge in [-0.2, -0.15) is 0 Å². The van der Waals surface area contributed by atoms with Gasteiger partial charge in [0.25, 0.3) is 0 Å². The van der Waals surface area contributed by atoms with Crippen LogP contribution < -0.4 is 10.6 Å². The first-order chi connectivity index (χ1) is 9.58. The Kier molecular flexibility index (Phi) is 5.06. The lowest BCUT2D eigenvalue weighted by Gasteiger charge is -2.24. The summed E-state index contributed by atoms with van der Waals surface area (Å²) in [6, 6.07) is 3.52. The van der Waals surface area contributed by atoms with E-state index in [-0.39, 0.29) is 29.9 Å². The van der Waals surface area contributed by atoms with E-state index in [1.165, 1.54) is 18.2 Å². The molecule has 3 nitrogen and oxygen atoms in total. The zero-order valence-electron chi connectivity index (χ0n) is 11.6. The van der Waals surface area contributed by atoms with Gasteiger partial charge >= 0.3 is 0 Å². The van der Waals surface area contributed by atoms with Crippen molar-refractivity contribution < 1.29 is 13.6 Å². The minimum absolute atomic E-state index is 0.00386. The lowest BCUT2D eigenvalue weighted by atomic mass is 9.96. The lowest BCUT2D eigenvalue weighted by molar-refractivity contribution is -0.126. The topological polar surface area (TPSA) is 41.1 Å². The highest BCUT2D eigenvalue weighted by molar-refractivity contribution is 5.79. The maximum atomic E-state index is 13.5. The van der Waals surface area contributed by atoms with Gasteiger partial charge in [-0.05, 0) is 51.4 Å². The van der Waals surface area contributed by atoms with Crippen LogP contribution in [0.1, 0.15) is 25.3 Å². The van der Waals surface area contributed by atoms with Gasteiger partial charge in [-0.15, -0.1) is 0 Å². The summed E-state index contributed by atoms with van der Waals surface area (Å²) in [6.07, 6.45) is 1.79. The molecule has 20 heavy (non-hydrogen) atoms. The van der Waals surface area contributed by atoms with Gasteiger partial charge in [0, 0.05) is 17.5 Å². The molecule has 1 aliphatic rings.